The molecule has 0 unspecified atom stereocenters. The molecule has 0 aliphatic rings. The second kappa shape index (κ2) is 9.68. The van der Waals surface area contributed by atoms with E-state index in [0.29, 0.717) is 0 Å². The Morgan fingerprint density at radius 3 is 2.58 bits per heavy atom. The molecule has 0 radical (unpaired) electrons. The summed E-state index contributed by atoms with van der Waals surface area (Å²) in [4.78, 5) is 0. The third-order valence-corrected chi connectivity index (χ3v) is 3.06. The normalized spacial score (nSPS) is 10.5. The van der Waals surface area contributed by atoms with Crippen LogP contribution in [0.1, 0.15) is 45.1 Å². The molecule has 0 fully saturated rings. The highest BCUT2D eigenvalue weighted by molar-refractivity contribution is 5.42. The molecule has 108 valence electrons. The average Bonchev–Trinajstić information content (AvgIpc) is 2.45. The lowest BCUT2D eigenvalue weighted by atomic mass is 10.2. The van der Waals surface area contributed by atoms with Gasteiger partial charge in [-0.2, -0.15) is 0 Å². The van der Waals surface area contributed by atoms with Gasteiger partial charge in [-0.15, -0.1) is 0 Å². The molecule has 1 N–H and O–H groups in total. The number of methoxy groups -OCH3 is 1. The number of hydrogen-bond acceptors (Lipinski definition) is 3. The van der Waals surface area contributed by atoms with E-state index in [4.69, 9.17) is 9.47 Å². The Bertz CT molecular complexity index is 353. The highest BCUT2D eigenvalue weighted by atomic mass is 16.5. The molecule has 1 aromatic rings. The monoisotopic (exact) mass is 265 g/mol. The van der Waals surface area contributed by atoms with Crippen LogP contribution in [0.3, 0.4) is 0 Å². The van der Waals surface area contributed by atoms with Crippen molar-refractivity contribution >= 4 is 0 Å². The number of benzene rings is 1. The molecule has 19 heavy (non-hydrogen) atoms. The molecular weight excluding hydrogens is 238 g/mol. The number of unbranched alkanes of at least 4 members (excludes halogenated alkanes) is 3. The standard InChI is InChI=1S/C16H27NO2/c1-4-6-7-8-11-19-16-12-14(13-17-5-2)9-10-15(16)18-3/h9-10,12,17H,4-8,11,13H2,1-3H3. The van der Waals surface area contributed by atoms with Gasteiger partial charge in [0.25, 0.3) is 0 Å². The molecule has 1 rings (SSSR count). The number of rotatable bonds is 10. The summed E-state index contributed by atoms with van der Waals surface area (Å²) < 4.78 is 11.2. The Balaban J connectivity index is 2.52. The van der Waals surface area contributed by atoms with E-state index in [1.165, 1.54) is 24.8 Å². The van der Waals surface area contributed by atoms with Crippen molar-refractivity contribution < 1.29 is 9.47 Å². The average molecular weight is 265 g/mol. The molecule has 0 aliphatic carbocycles. The maximum Gasteiger partial charge on any atom is 0.161 e. The van der Waals surface area contributed by atoms with Crippen LogP contribution in [0.5, 0.6) is 11.5 Å². The van der Waals surface area contributed by atoms with Gasteiger partial charge in [0.2, 0.25) is 0 Å². The van der Waals surface area contributed by atoms with Crippen LogP contribution >= 0.6 is 0 Å². The molecule has 0 spiro atoms. The van der Waals surface area contributed by atoms with Crippen molar-refractivity contribution in [2.75, 3.05) is 20.3 Å². The van der Waals surface area contributed by atoms with Gasteiger partial charge in [-0.3, -0.25) is 0 Å². The number of nitrogens with one attached hydrogen (secondary N) is 1. The maximum atomic E-state index is 5.84. The number of ether oxygens (including phenoxy) is 2. The van der Waals surface area contributed by atoms with Gasteiger partial charge >= 0.3 is 0 Å². The van der Waals surface area contributed by atoms with Crippen LogP contribution in [-0.4, -0.2) is 20.3 Å². The van der Waals surface area contributed by atoms with Gasteiger partial charge in [0, 0.05) is 6.54 Å². The van der Waals surface area contributed by atoms with E-state index in [2.05, 4.69) is 31.3 Å². The fourth-order valence-corrected chi connectivity index (χ4v) is 1.92. The lowest BCUT2D eigenvalue weighted by Gasteiger charge is -2.12. The Hall–Kier alpha value is -1.22. The van der Waals surface area contributed by atoms with Gasteiger partial charge in [-0.05, 0) is 30.7 Å². The van der Waals surface area contributed by atoms with Crippen LogP contribution in [0.25, 0.3) is 0 Å². The first kappa shape index (κ1) is 15.8. The third kappa shape index (κ3) is 5.97. The Morgan fingerprint density at radius 1 is 1.05 bits per heavy atom. The minimum absolute atomic E-state index is 0.765. The SMILES string of the molecule is CCCCCCOc1cc(CNCC)ccc1OC. The molecule has 0 aromatic heterocycles. The minimum Gasteiger partial charge on any atom is -0.493 e. The predicted octanol–water partition coefficient (Wildman–Crippen LogP) is 3.76. The first-order valence-corrected chi connectivity index (χ1v) is 7.32. The summed E-state index contributed by atoms with van der Waals surface area (Å²) in [5.41, 5.74) is 1.23. The van der Waals surface area contributed by atoms with Gasteiger partial charge in [0.05, 0.1) is 13.7 Å². The van der Waals surface area contributed by atoms with Gasteiger partial charge in [0.15, 0.2) is 11.5 Å². The van der Waals surface area contributed by atoms with Crippen molar-refractivity contribution in [2.45, 2.75) is 46.1 Å². The van der Waals surface area contributed by atoms with E-state index in [0.717, 1.165) is 37.6 Å². The molecule has 0 aliphatic heterocycles. The topological polar surface area (TPSA) is 30.5 Å². The summed E-state index contributed by atoms with van der Waals surface area (Å²) in [5.74, 6) is 1.67. The second-order valence-corrected chi connectivity index (χ2v) is 4.67. The first-order valence-electron chi connectivity index (χ1n) is 7.32. The zero-order valence-corrected chi connectivity index (χ0v) is 12.5. The first-order chi connectivity index (χ1) is 9.31. The summed E-state index contributed by atoms with van der Waals surface area (Å²) in [5, 5.41) is 3.32. The van der Waals surface area contributed by atoms with E-state index >= 15 is 0 Å². The molecule has 3 heteroatoms. The van der Waals surface area contributed by atoms with Crippen molar-refractivity contribution in [3.05, 3.63) is 23.8 Å². The van der Waals surface area contributed by atoms with Crippen LogP contribution in [0.4, 0.5) is 0 Å². The summed E-state index contributed by atoms with van der Waals surface area (Å²) in [6.45, 7) is 6.93. The van der Waals surface area contributed by atoms with Crippen LogP contribution < -0.4 is 14.8 Å². The highest BCUT2D eigenvalue weighted by Crippen LogP contribution is 2.28. The smallest absolute Gasteiger partial charge is 0.161 e. The van der Waals surface area contributed by atoms with Gasteiger partial charge < -0.3 is 14.8 Å². The van der Waals surface area contributed by atoms with Gasteiger partial charge in [-0.1, -0.05) is 39.2 Å². The highest BCUT2D eigenvalue weighted by Gasteiger charge is 2.05. The van der Waals surface area contributed by atoms with Crippen molar-refractivity contribution in [3.63, 3.8) is 0 Å². The summed E-state index contributed by atoms with van der Waals surface area (Å²) in [6, 6.07) is 6.13. The quantitative estimate of drug-likeness (QED) is 0.653. The summed E-state index contributed by atoms with van der Waals surface area (Å²) in [7, 11) is 1.68. The van der Waals surface area contributed by atoms with Crippen molar-refractivity contribution in [3.8, 4) is 11.5 Å². The summed E-state index contributed by atoms with van der Waals surface area (Å²) in [6.07, 6.45) is 4.87. The van der Waals surface area contributed by atoms with Crippen LogP contribution in [0, 0.1) is 0 Å². The molecule has 0 saturated heterocycles. The molecule has 0 saturated carbocycles. The Labute approximate surface area is 117 Å². The molecular formula is C16H27NO2. The van der Waals surface area contributed by atoms with Gasteiger partial charge in [-0.25, -0.2) is 0 Å². The van der Waals surface area contributed by atoms with Crippen LogP contribution in [-0.2, 0) is 6.54 Å². The van der Waals surface area contributed by atoms with E-state index in [9.17, 15) is 0 Å². The van der Waals surface area contributed by atoms with E-state index in [1.807, 2.05) is 6.07 Å². The van der Waals surface area contributed by atoms with Crippen molar-refractivity contribution in [1.82, 2.24) is 5.32 Å². The maximum absolute atomic E-state index is 5.84. The van der Waals surface area contributed by atoms with Crippen molar-refractivity contribution in [2.24, 2.45) is 0 Å². The molecule has 0 bridgehead atoms. The van der Waals surface area contributed by atoms with E-state index < -0.39 is 0 Å². The van der Waals surface area contributed by atoms with Gasteiger partial charge in [0.1, 0.15) is 0 Å². The zero-order chi connectivity index (χ0) is 13.9. The Kier molecular flexibility index (Phi) is 8.07. The van der Waals surface area contributed by atoms with Crippen LogP contribution in [0.2, 0.25) is 0 Å². The largest absolute Gasteiger partial charge is 0.493 e. The molecule has 0 heterocycles. The van der Waals surface area contributed by atoms with Crippen molar-refractivity contribution in [1.29, 1.82) is 0 Å². The zero-order valence-electron chi connectivity index (χ0n) is 12.5. The lowest BCUT2D eigenvalue weighted by Crippen LogP contribution is -2.11. The third-order valence-electron chi connectivity index (χ3n) is 3.06. The minimum atomic E-state index is 0.765. The van der Waals surface area contributed by atoms with Crippen LogP contribution in [0.15, 0.2) is 18.2 Å². The molecule has 1 aromatic carbocycles. The number of hydrogen-bond donors (Lipinski definition) is 1. The molecule has 0 amide bonds. The second-order valence-electron chi connectivity index (χ2n) is 4.67. The fraction of sp³-hybridized carbons (Fsp3) is 0.625. The predicted molar refractivity (Wildman–Crippen MR) is 80.0 cm³/mol. The Morgan fingerprint density at radius 2 is 1.89 bits per heavy atom. The molecule has 0 atom stereocenters. The lowest BCUT2D eigenvalue weighted by molar-refractivity contribution is 0.285. The summed E-state index contributed by atoms with van der Waals surface area (Å²) >= 11 is 0. The van der Waals surface area contributed by atoms with E-state index in [-0.39, 0.29) is 0 Å². The van der Waals surface area contributed by atoms with E-state index in [1.54, 1.807) is 7.11 Å². The molecule has 3 nitrogen and oxygen atoms in total. The fourth-order valence-electron chi connectivity index (χ4n) is 1.92.